The molecule has 2 rings (SSSR count). The number of carbonyl (C=O) groups excluding carboxylic acids is 3. The van der Waals surface area contributed by atoms with E-state index < -0.39 is 17.9 Å². The van der Waals surface area contributed by atoms with E-state index in [0.717, 1.165) is 13.1 Å². The van der Waals surface area contributed by atoms with Crippen LogP contribution in [-0.2, 0) is 28.5 Å². The van der Waals surface area contributed by atoms with Gasteiger partial charge < -0.3 is 28.7 Å². The van der Waals surface area contributed by atoms with Gasteiger partial charge in [0.15, 0.2) is 0 Å². The summed E-state index contributed by atoms with van der Waals surface area (Å²) in [4.78, 5) is 40.3. The number of methoxy groups -OCH3 is 2. The third-order valence-electron chi connectivity index (χ3n) is 4.78. The van der Waals surface area contributed by atoms with E-state index in [0.29, 0.717) is 24.4 Å². The monoisotopic (exact) mass is 420 g/mol. The number of benzene rings is 1. The maximum Gasteiger partial charge on any atom is 0.355 e. The van der Waals surface area contributed by atoms with E-state index in [-0.39, 0.29) is 24.6 Å². The molecule has 0 aromatic heterocycles. The second kappa shape index (κ2) is 11.3. The molecule has 164 valence electrons. The maximum absolute atomic E-state index is 12.3. The van der Waals surface area contributed by atoms with Gasteiger partial charge in [-0.05, 0) is 37.4 Å². The normalized spacial score (nSPS) is 14.0. The number of likely N-dealkylation sites (N-methyl/N-ethyl adjacent to an activating group) is 1. The van der Waals surface area contributed by atoms with Gasteiger partial charge in [0.2, 0.25) is 0 Å². The van der Waals surface area contributed by atoms with E-state index in [2.05, 4.69) is 18.7 Å². The second-order valence-corrected chi connectivity index (χ2v) is 6.43. The van der Waals surface area contributed by atoms with Crippen LogP contribution in [0.25, 0.3) is 0 Å². The smallest absolute Gasteiger partial charge is 0.355 e. The van der Waals surface area contributed by atoms with Crippen LogP contribution in [0.2, 0.25) is 0 Å². The van der Waals surface area contributed by atoms with E-state index in [1.54, 1.807) is 24.3 Å². The third kappa shape index (κ3) is 5.58. The van der Waals surface area contributed by atoms with Crippen LogP contribution in [0.5, 0.6) is 0 Å². The molecule has 9 nitrogen and oxygen atoms in total. The van der Waals surface area contributed by atoms with Crippen LogP contribution in [0.15, 0.2) is 35.5 Å². The van der Waals surface area contributed by atoms with E-state index in [4.69, 9.17) is 18.9 Å². The minimum Gasteiger partial charge on any atom is -0.466 e. The molecule has 0 unspecified atom stereocenters. The van der Waals surface area contributed by atoms with Crippen LogP contribution in [0.1, 0.15) is 24.2 Å². The molecule has 1 aliphatic heterocycles. The van der Waals surface area contributed by atoms with Crippen molar-refractivity contribution in [3.8, 4) is 0 Å². The first-order chi connectivity index (χ1) is 14.5. The molecule has 1 heterocycles. The Kier molecular flexibility index (Phi) is 8.82. The Morgan fingerprint density at radius 1 is 1.00 bits per heavy atom. The summed E-state index contributed by atoms with van der Waals surface area (Å²) in [6.07, 6.45) is 0. The summed E-state index contributed by atoms with van der Waals surface area (Å²) < 4.78 is 20.3. The zero-order valence-corrected chi connectivity index (χ0v) is 17.8. The number of anilines is 1. The van der Waals surface area contributed by atoms with Crippen LogP contribution in [0, 0.1) is 0 Å². The number of esters is 3. The van der Waals surface area contributed by atoms with Gasteiger partial charge in [-0.2, -0.15) is 0 Å². The molecule has 0 fully saturated rings. The molecular formula is C21H28N2O7. The van der Waals surface area contributed by atoms with Gasteiger partial charge in [0.05, 0.1) is 32.0 Å². The highest BCUT2D eigenvalue weighted by Gasteiger charge is 2.32. The lowest BCUT2D eigenvalue weighted by molar-refractivity contribution is -0.140. The molecule has 0 atom stereocenters. The molecule has 0 bridgehead atoms. The Bertz CT molecular complexity index is 785. The summed E-state index contributed by atoms with van der Waals surface area (Å²) in [5.74, 6) is -1.78. The largest absolute Gasteiger partial charge is 0.466 e. The highest BCUT2D eigenvalue weighted by atomic mass is 16.5. The van der Waals surface area contributed by atoms with E-state index in [9.17, 15) is 14.4 Å². The number of nitrogens with zero attached hydrogens (tertiary/aromatic N) is 2. The highest BCUT2D eigenvalue weighted by Crippen LogP contribution is 2.27. The van der Waals surface area contributed by atoms with E-state index >= 15 is 0 Å². The fourth-order valence-corrected chi connectivity index (χ4v) is 3.02. The maximum atomic E-state index is 12.3. The molecule has 1 aromatic rings. The standard InChI is InChI=1S/C21H28N2O7/c1-5-22(6-2)11-12-30-19(24)15-7-9-16(10-8-15)23-14-29-13-17(20(25)27-3)18(23)21(26)28-4/h7-10H,5-6,11-14H2,1-4H3. The summed E-state index contributed by atoms with van der Waals surface area (Å²) in [6.45, 7) is 6.84. The van der Waals surface area contributed by atoms with Gasteiger partial charge in [0, 0.05) is 12.2 Å². The molecule has 9 heteroatoms. The van der Waals surface area contributed by atoms with Crippen LogP contribution in [0.4, 0.5) is 5.69 Å². The summed E-state index contributed by atoms with van der Waals surface area (Å²) in [5, 5.41) is 0. The summed E-state index contributed by atoms with van der Waals surface area (Å²) in [7, 11) is 2.46. The Balaban J connectivity index is 2.16. The summed E-state index contributed by atoms with van der Waals surface area (Å²) in [6, 6.07) is 6.48. The predicted molar refractivity (Wildman–Crippen MR) is 109 cm³/mol. The minimum absolute atomic E-state index is 0.0403. The molecule has 30 heavy (non-hydrogen) atoms. The SMILES string of the molecule is CCN(CC)CCOC(=O)c1ccc(N2COCC(C(=O)OC)=C2C(=O)OC)cc1. The van der Waals surface area contributed by atoms with Crippen molar-refractivity contribution in [3.63, 3.8) is 0 Å². The van der Waals surface area contributed by atoms with Crippen molar-refractivity contribution in [3.05, 3.63) is 41.1 Å². The van der Waals surface area contributed by atoms with Gasteiger partial charge in [-0.1, -0.05) is 13.8 Å². The molecule has 0 N–H and O–H groups in total. The molecule has 0 amide bonds. The van der Waals surface area contributed by atoms with Gasteiger partial charge in [-0.15, -0.1) is 0 Å². The Labute approximate surface area is 176 Å². The minimum atomic E-state index is -0.682. The third-order valence-corrected chi connectivity index (χ3v) is 4.78. The van der Waals surface area contributed by atoms with Crippen molar-refractivity contribution in [1.29, 1.82) is 0 Å². The number of hydrogen-bond donors (Lipinski definition) is 0. The van der Waals surface area contributed by atoms with Crippen molar-refractivity contribution < 1.29 is 33.3 Å². The summed E-state index contributed by atoms with van der Waals surface area (Å²) in [5.41, 5.74) is 1.05. The second-order valence-electron chi connectivity index (χ2n) is 6.43. The van der Waals surface area contributed by atoms with E-state index in [1.165, 1.54) is 19.1 Å². The molecular weight excluding hydrogens is 392 g/mol. The van der Waals surface area contributed by atoms with Crippen LogP contribution >= 0.6 is 0 Å². The molecule has 0 saturated carbocycles. The van der Waals surface area contributed by atoms with Gasteiger partial charge in [0.25, 0.3) is 0 Å². The fourth-order valence-electron chi connectivity index (χ4n) is 3.02. The number of hydrogen-bond acceptors (Lipinski definition) is 9. The quantitative estimate of drug-likeness (QED) is 0.436. The Morgan fingerprint density at radius 3 is 2.20 bits per heavy atom. The Hall–Kier alpha value is -2.91. The molecule has 0 spiro atoms. The van der Waals surface area contributed by atoms with Crippen LogP contribution in [0.3, 0.4) is 0 Å². The molecule has 1 aliphatic rings. The number of rotatable bonds is 9. The van der Waals surface area contributed by atoms with Crippen LogP contribution in [-0.4, -0.2) is 76.6 Å². The first-order valence-corrected chi connectivity index (χ1v) is 9.71. The number of ether oxygens (including phenoxy) is 4. The average molecular weight is 420 g/mol. The van der Waals surface area contributed by atoms with Gasteiger partial charge in [0.1, 0.15) is 19.0 Å². The van der Waals surface area contributed by atoms with Gasteiger partial charge >= 0.3 is 17.9 Å². The van der Waals surface area contributed by atoms with Gasteiger partial charge in [-0.3, -0.25) is 0 Å². The van der Waals surface area contributed by atoms with Crippen molar-refractivity contribution in [1.82, 2.24) is 4.90 Å². The molecule has 0 saturated heterocycles. The molecule has 0 aliphatic carbocycles. The first-order valence-electron chi connectivity index (χ1n) is 9.71. The lowest BCUT2D eigenvalue weighted by Crippen LogP contribution is -2.38. The average Bonchev–Trinajstić information content (AvgIpc) is 2.80. The summed E-state index contributed by atoms with van der Waals surface area (Å²) >= 11 is 0. The van der Waals surface area contributed by atoms with Crippen molar-refractivity contribution >= 4 is 23.6 Å². The Morgan fingerprint density at radius 2 is 1.63 bits per heavy atom. The fraction of sp³-hybridized carbons (Fsp3) is 0.476. The number of carbonyl (C=O) groups is 3. The van der Waals surface area contributed by atoms with Crippen molar-refractivity contribution in [2.45, 2.75) is 13.8 Å². The topological polar surface area (TPSA) is 94.6 Å². The van der Waals surface area contributed by atoms with E-state index in [1.807, 2.05) is 0 Å². The zero-order chi connectivity index (χ0) is 22.1. The first kappa shape index (κ1) is 23.4. The lowest BCUT2D eigenvalue weighted by Gasteiger charge is -2.31. The van der Waals surface area contributed by atoms with Crippen molar-refractivity contribution in [2.75, 3.05) is 58.7 Å². The lowest BCUT2D eigenvalue weighted by atomic mass is 10.1. The zero-order valence-electron chi connectivity index (χ0n) is 17.8. The van der Waals surface area contributed by atoms with Crippen molar-refractivity contribution in [2.24, 2.45) is 0 Å². The van der Waals surface area contributed by atoms with Crippen LogP contribution < -0.4 is 4.90 Å². The van der Waals surface area contributed by atoms with Gasteiger partial charge in [-0.25, -0.2) is 14.4 Å². The molecule has 0 radical (unpaired) electrons. The highest BCUT2D eigenvalue weighted by molar-refractivity contribution is 6.03. The molecule has 1 aromatic carbocycles. The predicted octanol–water partition coefficient (Wildman–Crippen LogP) is 1.58.